The van der Waals surface area contributed by atoms with E-state index in [0.29, 0.717) is 27.1 Å². The van der Waals surface area contributed by atoms with Gasteiger partial charge in [-0.15, -0.1) is 0 Å². The van der Waals surface area contributed by atoms with Crippen molar-refractivity contribution >= 4 is 34.8 Å². The van der Waals surface area contributed by atoms with Crippen molar-refractivity contribution in [1.29, 1.82) is 0 Å². The van der Waals surface area contributed by atoms with E-state index in [0.717, 1.165) is 6.54 Å². The number of hydrogen-bond donors (Lipinski definition) is 2. The minimum absolute atomic E-state index is 0.318. The van der Waals surface area contributed by atoms with Crippen molar-refractivity contribution in [3.8, 4) is 0 Å². The third-order valence-corrected chi connectivity index (χ3v) is 3.92. The van der Waals surface area contributed by atoms with Crippen LogP contribution in [0.3, 0.4) is 0 Å². The third-order valence-electron chi connectivity index (χ3n) is 3.32. The van der Waals surface area contributed by atoms with E-state index in [1.165, 1.54) is 25.7 Å². The van der Waals surface area contributed by atoms with E-state index in [1.54, 1.807) is 6.07 Å². The average molecular weight is 274 g/mol. The lowest BCUT2D eigenvalue weighted by Gasteiger charge is -2.16. The van der Waals surface area contributed by atoms with Crippen LogP contribution in [-0.4, -0.2) is 11.5 Å². The lowest BCUT2D eigenvalue weighted by molar-refractivity contribution is 0.485. The SMILES string of the molecule is CCCC1(CNc2nc(N)c(Cl)cc2Cl)CC1. The second kappa shape index (κ2) is 4.91. The Hall–Kier alpha value is -0.670. The Morgan fingerprint density at radius 1 is 1.41 bits per heavy atom. The summed E-state index contributed by atoms with van der Waals surface area (Å²) in [7, 11) is 0. The first-order valence-electron chi connectivity index (χ1n) is 5.92. The number of pyridine rings is 1. The molecule has 0 atom stereocenters. The van der Waals surface area contributed by atoms with Gasteiger partial charge in [0.1, 0.15) is 11.6 Å². The first-order valence-corrected chi connectivity index (χ1v) is 6.67. The lowest BCUT2D eigenvalue weighted by atomic mass is 10.0. The van der Waals surface area contributed by atoms with Crippen LogP contribution in [-0.2, 0) is 0 Å². The van der Waals surface area contributed by atoms with Crippen molar-refractivity contribution in [3.05, 3.63) is 16.1 Å². The number of hydrogen-bond acceptors (Lipinski definition) is 3. The van der Waals surface area contributed by atoms with Crippen molar-refractivity contribution in [3.63, 3.8) is 0 Å². The summed E-state index contributed by atoms with van der Waals surface area (Å²) in [5, 5.41) is 4.21. The molecule has 0 saturated heterocycles. The van der Waals surface area contributed by atoms with Gasteiger partial charge in [-0.05, 0) is 30.7 Å². The highest BCUT2D eigenvalue weighted by Crippen LogP contribution is 2.49. The third kappa shape index (κ3) is 2.96. The van der Waals surface area contributed by atoms with Crippen LogP contribution in [0.1, 0.15) is 32.6 Å². The van der Waals surface area contributed by atoms with Gasteiger partial charge < -0.3 is 11.1 Å². The van der Waals surface area contributed by atoms with Gasteiger partial charge in [-0.2, -0.15) is 0 Å². The first kappa shape index (κ1) is 12.8. The topological polar surface area (TPSA) is 50.9 Å². The fraction of sp³-hybridized carbons (Fsp3) is 0.583. The monoisotopic (exact) mass is 273 g/mol. The standard InChI is InChI=1S/C12H17Cl2N3/c1-2-3-12(4-5-12)7-16-11-9(14)6-8(13)10(15)17-11/h6H,2-5,7H2,1H3,(H3,15,16,17). The second-order valence-corrected chi connectivity index (χ2v) is 5.60. The molecule has 0 spiro atoms. The maximum Gasteiger partial charge on any atom is 0.147 e. The maximum absolute atomic E-state index is 6.06. The molecule has 17 heavy (non-hydrogen) atoms. The molecule has 0 bridgehead atoms. The zero-order valence-electron chi connectivity index (χ0n) is 9.89. The van der Waals surface area contributed by atoms with Crippen molar-refractivity contribution in [1.82, 2.24) is 4.98 Å². The van der Waals surface area contributed by atoms with E-state index in [9.17, 15) is 0 Å². The van der Waals surface area contributed by atoms with Gasteiger partial charge >= 0.3 is 0 Å². The minimum atomic E-state index is 0.318. The van der Waals surface area contributed by atoms with Gasteiger partial charge in [0.05, 0.1) is 10.0 Å². The lowest BCUT2D eigenvalue weighted by Crippen LogP contribution is -2.16. The molecule has 0 radical (unpaired) electrons. The van der Waals surface area contributed by atoms with Crippen LogP contribution in [0.5, 0.6) is 0 Å². The summed E-state index contributed by atoms with van der Waals surface area (Å²) < 4.78 is 0. The van der Waals surface area contributed by atoms with Crippen LogP contribution >= 0.6 is 23.2 Å². The van der Waals surface area contributed by atoms with E-state index < -0.39 is 0 Å². The van der Waals surface area contributed by atoms with Crippen LogP contribution in [0.4, 0.5) is 11.6 Å². The number of nitrogens with zero attached hydrogens (tertiary/aromatic N) is 1. The molecule has 3 nitrogen and oxygen atoms in total. The highest BCUT2D eigenvalue weighted by molar-refractivity contribution is 6.37. The minimum Gasteiger partial charge on any atom is -0.382 e. The molecule has 0 aliphatic heterocycles. The van der Waals surface area contributed by atoms with Crippen LogP contribution in [0, 0.1) is 5.41 Å². The zero-order valence-corrected chi connectivity index (χ0v) is 11.4. The largest absolute Gasteiger partial charge is 0.382 e. The van der Waals surface area contributed by atoms with Gasteiger partial charge in [0.25, 0.3) is 0 Å². The highest BCUT2D eigenvalue weighted by Gasteiger charge is 2.41. The quantitative estimate of drug-likeness (QED) is 0.854. The molecule has 5 heteroatoms. The molecule has 0 unspecified atom stereocenters. The molecule has 1 aromatic heterocycles. The predicted octanol–water partition coefficient (Wildman–Crippen LogP) is 3.96. The molecule has 1 aromatic rings. The van der Waals surface area contributed by atoms with Crippen LogP contribution < -0.4 is 11.1 Å². The Labute approximate surface area is 112 Å². The Kier molecular flexibility index (Phi) is 3.69. The van der Waals surface area contributed by atoms with Gasteiger partial charge in [-0.3, -0.25) is 0 Å². The van der Waals surface area contributed by atoms with E-state index in [-0.39, 0.29) is 0 Å². The number of rotatable bonds is 5. The van der Waals surface area contributed by atoms with Gasteiger partial charge in [-0.25, -0.2) is 4.98 Å². The fourth-order valence-corrected chi connectivity index (χ4v) is 2.52. The molecule has 1 aliphatic carbocycles. The Balaban J connectivity index is 2.02. The highest BCUT2D eigenvalue weighted by atomic mass is 35.5. The molecule has 3 N–H and O–H groups in total. The molecule has 2 rings (SSSR count). The normalized spacial score (nSPS) is 16.9. The molecule has 0 aromatic carbocycles. The van der Waals surface area contributed by atoms with Crippen LogP contribution in [0.2, 0.25) is 10.0 Å². The second-order valence-electron chi connectivity index (χ2n) is 4.79. The molecule has 0 amide bonds. The smallest absolute Gasteiger partial charge is 0.147 e. The van der Waals surface area contributed by atoms with E-state index in [1.807, 2.05) is 0 Å². The van der Waals surface area contributed by atoms with Crippen molar-refractivity contribution in [2.45, 2.75) is 32.6 Å². The predicted molar refractivity (Wildman–Crippen MR) is 73.7 cm³/mol. The summed E-state index contributed by atoms with van der Waals surface area (Å²) in [5.74, 6) is 0.954. The molecular weight excluding hydrogens is 257 g/mol. The molecule has 1 aliphatic rings. The number of nitrogens with two attached hydrogens (primary N) is 1. The van der Waals surface area contributed by atoms with Crippen molar-refractivity contribution in [2.24, 2.45) is 5.41 Å². The number of anilines is 2. The summed E-state index contributed by atoms with van der Waals surface area (Å²) in [5.41, 5.74) is 6.11. The van der Waals surface area contributed by atoms with Crippen LogP contribution in [0.25, 0.3) is 0 Å². The van der Waals surface area contributed by atoms with Gasteiger partial charge in [0.2, 0.25) is 0 Å². The molecule has 1 heterocycles. The number of nitrogen functional groups attached to an aromatic ring is 1. The van der Waals surface area contributed by atoms with Gasteiger partial charge in [0.15, 0.2) is 0 Å². The van der Waals surface area contributed by atoms with E-state index >= 15 is 0 Å². The summed E-state index contributed by atoms with van der Waals surface area (Å²) in [6.07, 6.45) is 5.04. The van der Waals surface area contributed by atoms with Crippen molar-refractivity contribution < 1.29 is 0 Å². The van der Waals surface area contributed by atoms with E-state index in [2.05, 4.69) is 17.2 Å². The summed E-state index contributed by atoms with van der Waals surface area (Å²) >= 11 is 11.9. The maximum atomic E-state index is 6.06. The first-order chi connectivity index (χ1) is 8.06. The Morgan fingerprint density at radius 2 is 2.12 bits per heavy atom. The molecular formula is C12H17Cl2N3. The van der Waals surface area contributed by atoms with E-state index in [4.69, 9.17) is 28.9 Å². The number of halogens is 2. The van der Waals surface area contributed by atoms with Gasteiger partial charge in [-0.1, -0.05) is 36.5 Å². The molecule has 1 fully saturated rings. The average Bonchev–Trinajstić information content (AvgIpc) is 3.03. The Morgan fingerprint density at radius 3 is 2.71 bits per heavy atom. The summed E-state index contributed by atoms with van der Waals surface area (Å²) in [4.78, 5) is 4.17. The fourth-order valence-electron chi connectivity index (χ4n) is 2.10. The Bertz CT molecular complexity index is 416. The van der Waals surface area contributed by atoms with Gasteiger partial charge in [0, 0.05) is 6.54 Å². The number of nitrogens with one attached hydrogen (secondary N) is 1. The molecule has 1 saturated carbocycles. The summed E-state index contributed by atoms with van der Waals surface area (Å²) in [6.45, 7) is 3.13. The summed E-state index contributed by atoms with van der Waals surface area (Å²) in [6, 6.07) is 1.63. The van der Waals surface area contributed by atoms with Crippen LogP contribution in [0.15, 0.2) is 6.07 Å². The van der Waals surface area contributed by atoms with Crippen molar-refractivity contribution in [2.75, 3.05) is 17.6 Å². The number of aromatic nitrogens is 1. The zero-order chi connectivity index (χ0) is 12.5. The molecule has 94 valence electrons.